The number of rotatable bonds is 6. The molecule has 0 unspecified atom stereocenters. The summed E-state index contributed by atoms with van der Waals surface area (Å²) >= 11 is 0. The summed E-state index contributed by atoms with van der Waals surface area (Å²) in [6, 6.07) is 1.83. The van der Waals surface area contributed by atoms with Crippen molar-refractivity contribution in [2.24, 2.45) is 7.05 Å². The Balaban J connectivity index is 2.41. The fourth-order valence-electron chi connectivity index (χ4n) is 1.56. The maximum atomic E-state index is 11.8. The number of carbonyl (C=O) groups excluding carboxylic acids is 1. The Hall–Kier alpha value is -1.76. The van der Waals surface area contributed by atoms with Crippen LogP contribution in [0.4, 0.5) is 0 Å². The molecule has 1 rings (SSSR count). The van der Waals surface area contributed by atoms with Gasteiger partial charge in [0.15, 0.2) is 0 Å². The Morgan fingerprint density at radius 3 is 2.94 bits per heavy atom. The van der Waals surface area contributed by atoms with Gasteiger partial charge in [-0.05, 0) is 25.3 Å². The molecule has 0 atom stereocenters. The van der Waals surface area contributed by atoms with Crippen molar-refractivity contribution < 1.29 is 4.79 Å². The zero-order valence-corrected chi connectivity index (χ0v) is 10.5. The van der Waals surface area contributed by atoms with E-state index < -0.39 is 0 Å². The summed E-state index contributed by atoms with van der Waals surface area (Å²) in [6.45, 7) is 2.68. The van der Waals surface area contributed by atoms with Crippen molar-refractivity contribution >= 4 is 5.91 Å². The second kappa shape index (κ2) is 6.74. The Labute approximate surface area is 102 Å². The van der Waals surface area contributed by atoms with Crippen LogP contribution in [0.15, 0.2) is 6.07 Å². The topological polar surface area (TPSA) is 46.9 Å². The Morgan fingerprint density at radius 1 is 1.59 bits per heavy atom. The highest BCUT2D eigenvalue weighted by atomic mass is 16.2. The zero-order chi connectivity index (χ0) is 12.7. The lowest BCUT2D eigenvalue weighted by Crippen LogP contribution is -2.26. The maximum Gasteiger partial charge on any atom is 0.269 e. The van der Waals surface area contributed by atoms with E-state index in [-0.39, 0.29) is 5.91 Å². The number of nitrogens with zero attached hydrogens (tertiary/aromatic N) is 2. The third-order valence-electron chi connectivity index (χ3n) is 2.56. The average molecular weight is 233 g/mol. The molecule has 0 aliphatic carbocycles. The van der Waals surface area contributed by atoms with Gasteiger partial charge in [-0.15, -0.1) is 12.3 Å². The highest BCUT2D eigenvalue weighted by Gasteiger charge is 2.11. The fourth-order valence-corrected chi connectivity index (χ4v) is 1.56. The van der Waals surface area contributed by atoms with Crippen molar-refractivity contribution in [3.8, 4) is 12.3 Å². The Kier molecular flexibility index (Phi) is 5.28. The predicted molar refractivity (Wildman–Crippen MR) is 67.6 cm³/mol. The van der Waals surface area contributed by atoms with E-state index in [0.717, 1.165) is 31.4 Å². The van der Waals surface area contributed by atoms with Crippen LogP contribution < -0.4 is 5.32 Å². The summed E-state index contributed by atoms with van der Waals surface area (Å²) in [5.41, 5.74) is 1.55. The molecule has 0 aliphatic rings. The number of unbranched alkanes of at least 4 members (excludes halogenated alkanes) is 2. The molecule has 0 aromatic carbocycles. The van der Waals surface area contributed by atoms with Gasteiger partial charge in [0.25, 0.3) is 5.91 Å². The fraction of sp³-hybridized carbons (Fsp3) is 0.538. The molecule has 1 heterocycles. The summed E-state index contributed by atoms with van der Waals surface area (Å²) in [4.78, 5) is 11.8. The molecule has 92 valence electrons. The van der Waals surface area contributed by atoms with Gasteiger partial charge in [-0.3, -0.25) is 9.48 Å². The monoisotopic (exact) mass is 233 g/mol. The number of hydrogen-bond donors (Lipinski definition) is 1. The molecule has 0 bridgehead atoms. The smallest absolute Gasteiger partial charge is 0.269 e. The molecule has 0 saturated carbocycles. The Bertz CT molecular complexity index is 415. The van der Waals surface area contributed by atoms with E-state index >= 15 is 0 Å². The number of nitrogens with one attached hydrogen (secondary N) is 1. The second-order valence-corrected chi connectivity index (χ2v) is 3.92. The van der Waals surface area contributed by atoms with Crippen molar-refractivity contribution in [1.82, 2.24) is 15.1 Å². The van der Waals surface area contributed by atoms with E-state index in [2.05, 4.69) is 16.3 Å². The van der Waals surface area contributed by atoms with Crippen molar-refractivity contribution in [2.75, 3.05) is 6.54 Å². The standard InChI is InChI=1S/C13H19N3O/c1-4-6-7-8-9-14-13(17)12-10-11(5-2)15-16(12)3/h1,10H,5-9H2,2-3H3,(H,14,17). The lowest BCUT2D eigenvalue weighted by atomic mass is 10.2. The van der Waals surface area contributed by atoms with E-state index in [9.17, 15) is 4.79 Å². The first kappa shape index (κ1) is 13.3. The van der Waals surface area contributed by atoms with Crippen LogP contribution in [0, 0.1) is 12.3 Å². The van der Waals surface area contributed by atoms with Crippen molar-refractivity contribution in [1.29, 1.82) is 0 Å². The minimum atomic E-state index is -0.0691. The molecule has 1 aromatic rings. The van der Waals surface area contributed by atoms with Crippen molar-refractivity contribution in [2.45, 2.75) is 32.6 Å². The van der Waals surface area contributed by atoms with Gasteiger partial charge in [0, 0.05) is 20.0 Å². The molecule has 0 radical (unpaired) electrons. The van der Waals surface area contributed by atoms with Gasteiger partial charge in [0.1, 0.15) is 5.69 Å². The van der Waals surface area contributed by atoms with Gasteiger partial charge in [-0.25, -0.2) is 0 Å². The highest BCUT2D eigenvalue weighted by Crippen LogP contribution is 2.03. The molecule has 0 spiro atoms. The predicted octanol–water partition coefficient (Wildman–Crippen LogP) is 1.52. The van der Waals surface area contributed by atoms with Crippen LogP contribution in [0.2, 0.25) is 0 Å². The zero-order valence-electron chi connectivity index (χ0n) is 10.5. The van der Waals surface area contributed by atoms with Gasteiger partial charge < -0.3 is 5.32 Å². The van der Waals surface area contributed by atoms with Crippen LogP contribution in [-0.4, -0.2) is 22.2 Å². The minimum Gasteiger partial charge on any atom is -0.351 e. The first-order valence-electron chi connectivity index (χ1n) is 5.93. The number of hydrogen-bond acceptors (Lipinski definition) is 2. The van der Waals surface area contributed by atoms with E-state index in [0.29, 0.717) is 12.2 Å². The first-order chi connectivity index (χ1) is 8.19. The molecule has 4 heteroatoms. The lowest BCUT2D eigenvalue weighted by Gasteiger charge is -2.04. The van der Waals surface area contributed by atoms with Gasteiger partial charge in [0.2, 0.25) is 0 Å². The molecule has 0 fully saturated rings. The van der Waals surface area contributed by atoms with Gasteiger partial charge in [0.05, 0.1) is 5.69 Å². The largest absolute Gasteiger partial charge is 0.351 e. The summed E-state index contributed by atoms with van der Waals surface area (Å²) in [6.07, 6.45) is 8.61. The molecular weight excluding hydrogens is 214 g/mol. The lowest BCUT2D eigenvalue weighted by molar-refractivity contribution is 0.0943. The minimum absolute atomic E-state index is 0.0691. The molecule has 0 saturated heterocycles. The molecule has 1 aromatic heterocycles. The second-order valence-electron chi connectivity index (χ2n) is 3.92. The maximum absolute atomic E-state index is 11.8. The highest BCUT2D eigenvalue weighted by molar-refractivity contribution is 5.92. The number of aromatic nitrogens is 2. The van der Waals surface area contributed by atoms with Crippen LogP contribution in [0.25, 0.3) is 0 Å². The van der Waals surface area contributed by atoms with Crippen LogP contribution in [-0.2, 0) is 13.5 Å². The van der Waals surface area contributed by atoms with E-state index in [4.69, 9.17) is 6.42 Å². The third kappa shape index (κ3) is 3.95. The molecule has 1 N–H and O–H groups in total. The Morgan fingerprint density at radius 2 is 2.35 bits per heavy atom. The molecule has 4 nitrogen and oxygen atoms in total. The van der Waals surface area contributed by atoms with Gasteiger partial charge >= 0.3 is 0 Å². The SMILES string of the molecule is C#CCCCCNC(=O)c1cc(CC)nn1C. The number of aryl methyl sites for hydroxylation is 2. The molecule has 0 aliphatic heterocycles. The molecular formula is C13H19N3O. The third-order valence-corrected chi connectivity index (χ3v) is 2.56. The first-order valence-corrected chi connectivity index (χ1v) is 5.93. The van der Waals surface area contributed by atoms with Crippen LogP contribution in [0.5, 0.6) is 0 Å². The summed E-state index contributed by atoms with van der Waals surface area (Å²) in [5, 5.41) is 7.10. The van der Waals surface area contributed by atoms with E-state index in [1.807, 2.05) is 13.0 Å². The summed E-state index contributed by atoms with van der Waals surface area (Å²) in [5.74, 6) is 2.51. The quantitative estimate of drug-likeness (QED) is 0.598. The number of terminal acetylenes is 1. The number of carbonyl (C=O) groups is 1. The van der Waals surface area contributed by atoms with Crippen molar-refractivity contribution in [3.63, 3.8) is 0 Å². The molecule has 17 heavy (non-hydrogen) atoms. The van der Waals surface area contributed by atoms with E-state index in [1.165, 1.54) is 0 Å². The normalized spacial score (nSPS) is 9.94. The van der Waals surface area contributed by atoms with Gasteiger partial charge in [-0.2, -0.15) is 5.10 Å². The van der Waals surface area contributed by atoms with Crippen LogP contribution in [0.3, 0.4) is 0 Å². The van der Waals surface area contributed by atoms with Gasteiger partial charge in [-0.1, -0.05) is 6.92 Å². The van der Waals surface area contributed by atoms with Crippen LogP contribution in [0.1, 0.15) is 42.4 Å². The van der Waals surface area contributed by atoms with Crippen molar-refractivity contribution in [3.05, 3.63) is 17.5 Å². The van der Waals surface area contributed by atoms with Crippen LogP contribution >= 0.6 is 0 Å². The average Bonchev–Trinajstić information content (AvgIpc) is 2.70. The summed E-state index contributed by atoms with van der Waals surface area (Å²) in [7, 11) is 1.78. The number of amides is 1. The summed E-state index contributed by atoms with van der Waals surface area (Å²) < 4.78 is 1.62. The van der Waals surface area contributed by atoms with E-state index in [1.54, 1.807) is 11.7 Å². The molecule has 1 amide bonds.